The molecule has 0 aromatic heterocycles. The molecule has 0 heterocycles. The molecule has 82 valence electrons. The van der Waals surface area contributed by atoms with Crippen LogP contribution in [-0.4, -0.2) is 5.97 Å². The summed E-state index contributed by atoms with van der Waals surface area (Å²) in [5.74, 6) is -0.979. The van der Waals surface area contributed by atoms with Crippen molar-refractivity contribution in [1.29, 1.82) is 0 Å². The molecule has 0 fully saturated rings. The van der Waals surface area contributed by atoms with Gasteiger partial charge in [0.25, 0.3) is 0 Å². The van der Waals surface area contributed by atoms with Gasteiger partial charge in [0.1, 0.15) is 0 Å². The highest BCUT2D eigenvalue weighted by molar-refractivity contribution is 5.71. The van der Waals surface area contributed by atoms with Crippen LogP contribution in [0.25, 0.3) is 0 Å². The van der Waals surface area contributed by atoms with Gasteiger partial charge in [-0.2, -0.15) is 0 Å². The Labute approximate surface area is 87.0 Å². The number of rotatable bonds is 5. The topological polar surface area (TPSA) is 40.1 Å². The van der Waals surface area contributed by atoms with E-state index in [0.717, 1.165) is 12.0 Å². The van der Waals surface area contributed by atoms with Gasteiger partial charge in [-0.15, -0.1) is 6.58 Å². The summed E-state index contributed by atoms with van der Waals surface area (Å²) in [6.45, 7) is 13.4. The van der Waals surface area contributed by atoms with E-state index in [1.807, 2.05) is 6.92 Å². The van der Waals surface area contributed by atoms with Gasteiger partial charge in [0.05, 0.1) is 0 Å². The van der Waals surface area contributed by atoms with Crippen molar-refractivity contribution in [2.24, 2.45) is 10.8 Å². The largest absolute Gasteiger partial charge is 0.550 e. The fourth-order valence-corrected chi connectivity index (χ4v) is 2.15. The van der Waals surface area contributed by atoms with Crippen molar-refractivity contribution in [3.05, 3.63) is 12.2 Å². The third-order valence-electron chi connectivity index (χ3n) is 2.25. The van der Waals surface area contributed by atoms with E-state index in [2.05, 4.69) is 20.4 Å². The Hall–Kier alpha value is -0.790. The zero-order valence-corrected chi connectivity index (χ0v) is 9.94. The summed E-state index contributed by atoms with van der Waals surface area (Å²) < 4.78 is 0. The van der Waals surface area contributed by atoms with Gasteiger partial charge in [-0.05, 0) is 25.2 Å². The Kier molecular flexibility index (Phi) is 3.92. The highest BCUT2D eigenvalue weighted by Gasteiger charge is 2.29. The molecule has 0 N–H and O–H groups in total. The zero-order chi connectivity index (χ0) is 11.6. The molecule has 0 radical (unpaired) electrons. The van der Waals surface area contributed by atoms with E-state index < -0.39 is 11.4 Å². The van der Waals surface area contributed by atoms with Crippen LogP contribution in [0.2, 0.25) is 0 Å². The lowest BCUT2D eigenvalue weighted by atomic mass is 9.72. The molecule has 0 atom stereocenters. The average molecular weight is 197 g/mol. The molecule has 0 aromatic carbocycles. The van der Waals surface area contributed by atoms with Gasteiger partial charge in [0, 0.05) is 11.4 Å². The van der Waals surface area contributed by atoms with Crippen LogP contribution in [0.3, 0.4) is 0 Å². The zero-order valence-electron chi connectivity index (χ0n) is 9.94. The molecule has 0 aromatic rings. The molecule has 0 spiro atoms. The van der Waals surface area contributed by atoms with E-state index in [1.165, 1.54) is 0 Å². The van der Waals surface area contributed by atoms with Crippen molar-refractivity contribution in [2.75, 3.05) is 0 Å². The van der Waals surface area contributed by atoms with Crippen molar-refractivity contribution in [3.63, 3.8) is 0 Å². The van der Waals surface area contributed by atoms with Crippen LogP contribution in [-0.2, 0) is 4.79 Å². The van der Waals surface area contributed by atoms with Crippen LogP contribution in [0.1, 0.15) is 47.5 Å². The summed E-state index contributed by atoms with van der Waals surface area (Å²) in [4.78, 5) is 10.9. The van der Waals surface area contributed by atoms with Gasteiger partial charge in [0.15, 0.2) is 0 Å². The number of allylic oxidation sites excluding steroid dienone is 1. The number of carbonyl (C=O) groups is 1. The van der Waals surface area contributed by atoms with Crippen molar-refractivity contribution in [3.8, 4) is 0 Å². The Morgan fingerprint density at radius 3 is 2.00 bits per heavy atom. The first-order valence-corrected chi connectivity index (χ1v) is 4.93. The summed E-state index contributed by atoms with van der Waals surface area (Å²) in [5.41, 5.74) is 0.290. The Balaban J connectivity index is 4.49. The second-order valence-corrected chi connectivity index (χ2v) is 5.65. The summed E-state index contributed by atoms with van der Waals surface area (Å²) in [6.07, 6.45) is 1.46. The van der Waals surface area contributed by atoms with Crippen molar-refractivity contribution >= 4 is 5.97 Å². The number of hydrogen-bond acceptors (Lipinski definition) is 2. The maximum absolute atomic E-state index is 10.9. The predicted molar refractivity (Wildman–Crippen MR) is 56.6 cm³/mol. The minimum absolute atomic E-state index is 0.0323. The molecule has 0 saturated heterocycles. The van der Waals surface area contributed by atoms with Crippen molar-refractivity contribution in [2.45, 2.75) is 47.5 Å². The lowest BCUT2D eigenvalue weighted by molar-refractivity contribution is -0.318. The molecular formula is C12H21O2-. The van der Waals surface area contributed by atoms with Gasteiger partial charge in [-0.1, -0.05) is 33.3 Å². The molecule has 0 bridgehead atoms. The standard InChI is InChI=1S/C12H22O2/c1-9(2)7-11(3,4)8-12(5,6)10(13)14/h1,7-8H2,2-6H3,(H,13,14)/p-1. The normalized spacial score (nSPS) is 12.6. The Morgan fingerprint density at radius 1 is 1.29 bits per heavy atom. The maximum atomic E-state index is 10.9. The molecule has 0 amide bonds. The molecule has 0 aliphatic heterocycles. The van der Waals surface area contributed by atoms with E-state index in [4.69, 9.17) is 0 Å². The lowest BCUT2D eigenvalue weighted by Crippen LogP contribution is -2.40. The van der Waals surface area contributed by atoms with Crippen LogP contribution < -0.4 is 5.11 Å². The summed E-state index contributed by atoms with van der Waals surface area (Å²) in [5, 5.41) is 10.9. The number of carboxylic acids is 1. The molecule has 0 aliphatic rings. The average Bonchev–Trinajstić information content (AvgIpc) is 1.79. The van der Waals surface area contributed by atoms with E-state index in [9.17, 15) is 9.90 Å². The molecule has 0 aliphatic carbocycles. The van der Waals surface area contributed by atoms with Crippen LogP contribution in [0.15, 0.2) is 12.2 Å². The minimum Gasteiger partial charge on any atom is -0.550 e. The van der Waals surface area contributed by atoms with Gasteiger partial charge in [0.2, 0.25) is 0 Å². The minimum atomic E-state index is -0.979. The number of carbonyl (C=O) groups excluding carboxylic acids is 1. The number of carboxylic acid groups (broad SMARTS) is 1. The van der Waals surface area contributed by atoms with E-state index >= 15 is 0 Å². The molecular weight excluding hydrogens is 176 g/mol. The van der Waals surface area contributed by atoms with Gasteiger partial charge < -0.3 is 9.90 Å². The second-order valence-electron chi connectivity index (χ2n) is 5.65. The summed E-state index contributed by atoms with van der Waals surface area (Å²) >= 11 is 0. The fourth-order valence-electron chi connectivity index (χ4n) is 2.15. The third-order valence-corrected chi connectivity index (χ3v) is 2.25. The second kappa shape index (κ2) is 4.16. The molecule has 0 rings (SSSR count). The molecule has 0 unspecified atom stereocenters. The summed E-state index contributed by atoms with van der Waals surface area (Å²) in [7, 11) is 0. The van der Waals surface area contributed by atoms with Crippen LogP contribution in [0, 0.1) is 10.8 Å². The molecule has 2 heteroatoms. The number of hydrogen-bond donors (Lipinski definition) is 0. The lowest BCUT2D eigenvalue weighted by Gasteiger charge is -2.35. The van der Waals surface area contributed by atoms with E-state index in [-0.39, 0.29) is 5.41 Å². The predicted octanol–water partition coefficient (Wildman–Crippen LogP) is 2.14. The van der Waals surface area contributed by atoms with Crippen LogP contribution >= 0.6 is 0 Å². The van der Waals surface area contributed by atoms with E-state index in [0.29, 0.717) is 6.42 Å². The fraction of sp³-hybridized carbons (Fsp3) is 0.750. The first-order chi connectivity index (χ1) is 6.07. The van der Waals surface area contributed by atoms with Gasteiger partial charge in [-0.3, -0.25) is 0 Å². The molecule has 2 nitrogen and oxygen atoms in total. The van der Waals surface area contributed by atoms with Gasteiger partial charge in [-0.25, -0.2) is 0 Å². The smallest absolute Gasteiger partial charge is 0.0470 e. The van der Waals surface area contributed by atoms with Gasteiger partial charge >= 0.3 is 0 Å². The van der Waals surface area contributed by atoms with Crippen LogP contribution in [0.5, 0.6) is 0 Å². The highest BCUT2D eigenvalue weighted by Crippen LogP contribution is 2.37. The van der Waals surface area contributed by atoms with Crippen LogP contribution in [0.4, 0.5) is 0 Å². The number of aliphatic carboxylic acids is 1. The first kappa shape index (κ1) is 13.2. The Bertz CT molecular complexity index is 237. The SMILES string of the molecule is C=C(C)CC(C)(C)CC(C)(C)C(=O)[O-]. The monoisotopic (exact) mass is 197 g/mol. The quantitative estimate of drug-likeness (QED) is 0.633. The van der Waals surface area contributed by atoms with E-state index in [1.54, 1.807) is 13.8 Å². The molecule has 14 heavy (non-hydrogen) atoms. The third kappa shape index (κ3) is 4.45. The van der Waals surface area contributed by atoms with Crippen molar-refractivity contribution in [1.82, 2.24) is 0 Å². The maximum Gasteiger partial charge on any atom is 0.0470 e. The first-order valence-electron chi connectivity index (χ1n) is 4.93. The highest BCUT2D eigenvalue weighted by atomic mass is 16.4. The summed E-state index contributed by atoms with van der Waals surface area (Å²) in [6, 6.07) is 0. The molecule has 0 saturated carbocycles. The van der Waals surface area contributed by atoms with Crippen molar-refractivity contribution < 1.29 is 9.90 Å². The Morgan fingerprint density at radius 2 is 1.71 bits per heavy atom.